The lowest BCUT2D eigenvalue weighted by molar-refractivity contribution is -0.113. The van der Waals surface area contributed by atoms with Gasteiger partial charge < -0.3 is 9.88 Å². The van der Waals surface area contributed by atoms with Crippen LogP contribution in [0.1, 0.15) is 68.8 Å². The molecule has 4 rings (SSSR count). The van der Waals surface area contributed by atoms with Crippen molar-refractivity contribution in [3.63, 3.8) is 0 Å². The number of nitrogens with one attached hydrogen (secondary N) is 1. The lowest BCUT2D eigenvalue weighted by Crippen LogP contribution is -2.36. The highest BCUT2D eigenvalue weighted by molar-refractivity contribution is 7.99. The Bertz CT molecular complexity index is 1090. The number of benzene rings is 1. The molecule has 0 unspecified atom stereocenters. The zero-order chi connectivity index (χ0) is 23.4. The molecule has 1 saturated heterocycles. The third-order valence-electron chi connectivity index (χ3n) is 6.51. The second kappa shape index (κ2) is 10.6. The molecule has 10 heteroatoms. The number of aryl methyl sites for hydroxylation is 2. The number of carbonyl (C=O) groups excluding carboxylic acids is 1. The first-order chi connectivity index (χ1) is 15.9. The van der Waals surface area contributed by atoms with Gasteiger partial charge in [0.05, 0.1) is 10.6 Å². The summed E-state index contributed by atoms with van der Waals surface area (Å²) in [4.78, 5) is 12.9. The quantitative estimate of drug-likeness (QED) is 0.580. The molecule has 1 N–H and O–H groups in total. The number of nitrogens with zero attached hydrogens (tertiary/aromatic N) is 4. The van der Waals surface area contributed by atoms with Gasteiger partial charge >= 0.3 is 0 Å². The number of rotatable bonds is 7. The third kappa shape index (κ3) is 5.60. The number of hydrogen-bond acceptors (Lipinski definition) is 6. The molecule has 1 aromatic carbocycles. The number of aromatic nitrogens is 3. The first kappa shape index (κ1) is 24.2. The van der Waals surface area contributed by atoms with Crippen LogP contribution in [-0.2, 0) is 14.8 Å². The number of thioether (sulfide) groups is 1. The number of amides is 1. The summed E-state index contributed by atoms with van der Waals surface area (Å²) in [6.07, 6.45) is 8.77. The van der Waals surface area contributed by atoms with Gasteiger partial charge in [0.2, 0.25) is 15.9 Å². The minimum absolute atomic E-state index is 0.187. The minimum atomic E-state index is -3.57. The first-order valence-corrected chi connectivity index (χ1v) is 14.2. The highest BCUT2D eigenvalue weighted by atomic mass is 32.2. The molecule has 2 fully saturated rings. The molecule has 2 aromatic rings. The summed E-state index contributed by atoms with van der Waals surface area (Å²) in [5.74, 6) is 0.879. The standard InChI is InChI=1S/C23H33N5O3S2/c1-17-11-12-19(15-21(17)33(30,31)27-13-7-4-8-14-27)24-22(29)16-32-23-26-25-18(2)28(23)20-9-5-3-6-10-20/h11-12,15,20H,3-10,13-14,16H2,1-2H3,(H,24,29). The van der Waals surface area contributed by atoms with Crippen molar-refractivity contribution < 1.29 is 13.2 Å². The van der Waals surface area contributed by atoms with Crippen LogP contribution in [-0.4, -0.2) is 52.2 Å². The van der Waals surface area contributed by atoms with E-state index >= 15 is 0 Å². The van der Waals surface area contributed by atoms with E-state index in [4.69, 9.17) is 0 Å². The maximum absolute atomic E-state index is 13.1. The molecule has 2 heterocycles. The Labute approximate surface area is 200 Å². The maximum atomic E-state index is 13.1. The zero-order valence-electron chi connectivity index (χ0n) is 19.4. The van der Waals surface area contributed by atoms with Crippen molar-refractivity contribution in [2.45, 2.75) is 81.3 Å². The van der Waals surface area contributed by atoms with Gasteiger partial charge in [-0.1, -0.05) is 43.5 Å². The molecule has 0 spiro atoms. The summed E-state index contributed by atoms with van der Waals surface area (Å²) in [6, 6.07) is 5.49. The predicted octanol–water partition coefficient (Wildman–Crippen LogP) is 4.31. The number of anilines is 1. The van der Waals surface area contributed by atoms with Gasteiger partial charge in [0.25, 0.3) is 0 Å². The van der Waals surface area contributed by atoms with Gasteiger partial charge in [-0.25, -0.2) is 8.42 Å². The number of piperidine rings is 1. The van der Waals surface area contributed by atoms with Gasteiger partial charge in [-0.3, -0.25) is 4.79 Å². The molecule has 1 aliphatic heterocycles. The van der Waals surface area contributed by atoms with E-state index in [9.17, 15) is 13.2 Å². The summed E-state index contributed by atoms with van der Waals surface area (Å²) in [6.45, 7) is 4.85. The molecule has 1 aromatic heterocycles. The molecule has 33 heavy (non-hydrogen) atoms. The Morgan fingerprint density at radius 2 is 1.76 bits per heavy atom. The van der Waals surface area contributed by atoms with Crippen molar-refractivity contribution in [1.29, 1.82) is 0 Å². The normalized spacial score (nSPS) is 18.4. The molecule has 1 aliphatic carbocycles. The lowest BCUT2D eigenvalue weighted by Gasteiger charge is -2.26. The summed E-state index contributed by atoms with van der Waals surface area (Å²) in [7, 11) is -3.57. The molecule has 0 atom stereocenters. The van der Waals surface area contributed by atoms with E-state index < -0.39 is 10.0 Å². The fourth-order valence-electron chi connectivity index (χ4n) is 4.74. The summed E-state index contributed by atoms with van der Waals surface area (Å²) in [5, 5.41) is 12.2. The van der Waals surface area contributed by atoms with Crippen LogP contribution >= 0.6 is 11.8 Å². The van der Waals surface area contributed by atoms with Crippen molar-refractivity contribution in [3.8, 4) is 0 Å². The highest BCUT2D eigenvalue weighted by Gasteiger charge is 2.28. The van der Waals surface area contributed by atoms with E-state index in [1.165, 1.54) is 31.0 Å². The third-order valence-corrected chi connectivity index (χ3v) is 9.50. The van der Waals surface area contributed by atoms with E-state index in [2.05, 4.69) is 20.1 Å². The molecule has 8 nitrogen and oxygen atoms in total. The van der Waals surface area contributed by atoms with E-state index in [1.54, 1.807) is 29.4 Å². The van der Waals surface area contributed by atoms with Gasteiger partial charge in [-0.2, -0.15) is 4.31 Å². The Balaban J connectivity index is 1.42. The fraction of sp³-hybridized carbons (Fsp3) is 0.609. The molecule has 0 bridgehead atoms. The van der Waals surface area contributed by atoms with Gasteiger partial charge in [0.1, 0.15) is 5.82 Å². The molecule has 1 amide bonds. The first-order valence-electron chi connectivity index (χ1n) is 11.8. The number of hydrogen-bond donors (Lipinski definition) is 1. The average molecular weight is 492 g/mol. The summed E-state index contributed by atoms with van der Waals surface area (Å²) < 4.78 is 30.0. The van der Waals surface area contributed by atoms with Gasteiger partial charge in [-0.05, 0) is 57.2 Å². The van der Waals surface area contributed by atoms with Gasteiger partial charge in [0.15, 0.2) is 5.16 Å². The molecular formula is C23H33N5O3S2. The number of carbonyl (C=O) groups is 1. The fourth-order valence-corrected chi connectivity index (χ4v) is 7.35. The van der Waals surface area contributed by atoms with E-state index in [1.807, 2.05) is 6.92 Å². The second-order valence-corrected chi connectivity index (χ2v) is 11.8. The van der Waals surface area contributed by atoms with Crippen LogP contribution < -0.4 is 5.32 Å². The second-order valence-electron chi connectivity index (χ2n) is 8.97. The molecular weight excluding hydrogens is 458 g/mol. The van der Waals surface area contributed by atoms with Crippen LogP contribution in [0.2, 0.25) is 0 Å². The van der Waals surface area contributed by atoms with E-state index in [0.29, 0.717) is 30.4 Å². The monoisotopic (exact) mass is 491 g/mol. The van der Waals surface area contributed by atoms with Crippen molar-refractivity contribution in [2.75, 3.05) is 24.2 Å². The predicted molar refractivity (Wildman–Crippen MR) is 130 cm³/mol. The van der Waals surface area contributed by atoms with Crippen molar-refractivity contribution >= 4 is 33.4 Å². The average Bonchev–Trinajstić information content (AvgIpc) is 3.20. The topological polar surface area (TPSA) is 97.2 Å². The van der Waals surface area contributed by atoms with Crippen molar-refractivity contribution in [1.82, 2.24) is 19.1 Å². The largest absolute Gasteiger partial charge is 0.325 e. The Hall–Kier alpha value is -1.91. The maximum Gasteiger partial charge on any atom is 0.243 e. The van der Waals surface area contributed by atoms with Crippen molar-refractivity contribution in [2.24, 2.45) is 0 Å². The van der Waals surface area contributed by atoms with Crippen LogP contribution in [0, 0.1) is 13.8 Å². The zero-order valence-corrected chi connectivity index (χ0v) is 21.1. The van der Waals surface area contributed by atoms with Gasteiger partial charge in [0, 0.05) is 24.8 Å². The number of sulfonamides is 1. The molecule has 0 radical (unpaired) electrons. The Kier molecular flexibility index (Phi) is 7.76. The molecule has 2 aliphatic rings. The van der Waals surface area contributed by atoms with Crippen LogP contribution in [0.25, 0.3) is 0 Å². The van der Waals surface area contributed by atoms with Crippen LogP contribution in [0.4, 0.5) is 5.69 Å². The van der Waals surface area contributed by atoms with Crippen molar-refractivity contribution in [3.05, 3.63) is 29.6 Å². The van der Waals surface area contributed by atoms with Crippen LogP contribution in [0.3, 0.4) is 0 Å². The molecule has 180 valence electrons. The highest BCUT2D eigenvalue weighted by Crippen LogP contribution is 2.32. The molecule has 1 saturated carbocycles. The Morgan fingerprint density at radius 1 is 1.06 bits per heavy atom. The van der Waals surface area contributed by atoms with Crippen LogP contribution in [0.5, 0.6) is 0 Å². The smallest absolute Gasteiger partial charge is 0.243 e. The van der Waals surface area contributed by atoms with E-state index in [0.717, 1.165) is 43.1 Å². The summed E-state index contributed by atoms with van der Waals surface area (Å²) >= 11 is 1.38. The Morgan fingerprint density at radius 3 is 2.48 bits per heavy atom. The van der Waals surface area contributed by atoms with Gasteiger partial charge in [-0.15, -0.1) is 10.2 Å². The van der Waals surface area contributed by atoms with Crippen LogP contribution in [0.15, 0.2) is 28.3 Å². The lowest BCUT2D eigenvalue weighted by atomic mass is 9.95. The summed E-state index contributed by atoms with van der Waals surface area (Å²) in [5.41, 5.74) is 1.18. The minimum Gasteiger partial charge on any atom is -0.325 e. The SMILES string of the molecule is Cc1ccc(NC(=O)CSc2nnc(C)n2C2CCCCC2)cc1S(=O)(=O)N1CCCCC1. The van der Waals surface area contributed by atoms with E-state index in [-0.39, 0.29) is 16.6 Å².